The minimum absolute atomic E-state index is 0.163. The molecule has 0 saturated heterocycles. The number of thioether (sulfide) groups is 1. The molecule has 10 heteroatoms. The van der Waals surface area contributed by atoms with Crippen molar-refractivity contribution in [3.8, 4) is 11.8 Å². The number of aliphatic hydroxyl groups excluding tert-OH is 1. The van der Waals surface area contributed by atoms with E-state index in [0.717, 1.165) is 22.9 Å². The van der Waals surface area contributed by atoms with E-state index in [9.17, 15) is 23.4 Å². The average molecular weight is 503 g/mol. The van der Waals surface area contributed by atoms with E-state index in [2.05, 4.69) is 16.8 Å². The van der Waals surface area contributed by atoms with Gasteiger partial charge >= 0.3 is 5.97 Å². The Morgan fingerprint density at radius 1 is 1.12 bits per heavy atom. The van der Waals surface area contributed by atoms with E-state index in [4.69, 9.17) is 5.73 Å². The number of aliphatic carboxylic acids is 1. The SMILES string of the molecule is Cc1ccc(C#Cc2ccc(S(=O)(=O)C(CC(O)C(N)Sc3nccs3)C(=O)O)cc2)cc1. The molecule has 0 saturated carbocycles. The van der Waals surface area contributed by atoms with E-state index < -0.39 is 39.0 Å². The van der Waals surface area contributed by atoms with E-state index in [1.54, 1.807) is 11.6 Å². The lowest BCUT2D eigenvalue weighted by molar-refractivity contribution is -0.137. The quantitative estimate of drug-likeness (QED) is 0.243. The monoisotopic (exact) mass is 502 g/mol. The molecule has 2 aromatic carbocycles. The molecule has 7 nitrogen and oxygen atoms in total. The third-order valence-corrected chi connectivity index (χ3v) is 8.82. The van der Waals surface area contributed by atoms with Gasteiger partial charge in [-0.05, 0) is 43.3 Å². The molecule has 0 bridgehead atoms. The standard InChI is InChI=1S/C23H22N2O5S3/c1-15-2-4-16(5-3-15)6-7-17-8-10-18(11-9-17)33(29,30)20(22(27)28)14-19(26)21(24)32-23-25-12-13-31-23/h2-5,8-13,19-21,26H,14,24H2,1H3,(H,27,28). The van der Waals surface area contributed by atoms with Gasteiger partial charge in [-0.25, -0.2) is 13.4 Å². The predicted octanol–water partition coefficient (Wildman–Crippen LogP) is 2.91. The van der Waals surface area contributed by atoms with Crippen LogP contribution >= 0.6 is 23.1 Å². The van der Waals surface area contributed by atoms with Gasteiger partial charge in [0.15, 0.2) is 19.4 Å². The Balaban J connectivity index is 1.74. The van der Waals surface area contributed by atoms with E-state index >= 15 is 0 Å². The van der Waals surface area contributed by atoms with Gasteiger partial charge in [0.25, 0.3) is 0 Å². The second kappa shape index (κ2) is 11.0. The third kappa shape index (κ3) is 6.66. The van der Waals surface area contributed by atoms with Gasteiger partial charge in [0.2, 0.25) is 0 Å². The zero-order valence-corrected chi connectivity index (χ0v) is 20.0. The number of aliphatic hydroxyl groups is 1. The van der Waals surface area contributed by atoms with Gasteiger partial charge in [0.05, 0.1) is 16.4 Å². The summed E-state index contributed by atoms with van der Waals surface area (Å²) in [4.78, 5) is 15.7. The Kier molecular flexibility index (Phi) is 8.29. The fourth-order valence-electron chi connectivity index (χ4n) is 2.85. The molecule has 1 aromatic heterocycles. The number of thiazole rings is 1. The molecule has 1 heterocycles. The molecule has 3 atom stereocenters. The van der Waals surface area contributed by atoms with Crippen molar-refractivity contribution in [2.45, 2.75) is 39.3 Å². The fourth-order valence-corrected chi connectivity index (χ4v) is 6.12. The van der Waals surface area contributed by atoms with Crippen molar-refractivity contribution in [2.75, 3.05) is 0 Å². The van der Waals surface area contributed by atoms with Crippen LogP contribution in [-0.4, -0.2) is 46.3 Å². The molecule has 0 aliphatic rings. The first-order valence-corrected chi connectivity index (χ1v) is 13.1. The summed E-state index contributed by atoms with van der Waals surface area (Å²) in [6.07, 6.45) is -0.341. The molecule has 3 unspecified atom stereocenters. The van der Waals surface area contributed by atoms with Crippen LogP contribution in [-0.2, 0) is 14.6 Å². The van der Waals surface area contributed by atoms with Crippen molar-refractivity contribution in [1.29, 1.82) is 0 Å². The molecule has 0 aliphatic heterocycles. The highest BCUT2D eigenvalue weighted by Crippen LogP contribution is 2.28. The Morgan fingerprint density at radius 2 is 1.70 bits per heavy atom. The molecule has 3 aromatic rings. The molecular formula is C23H22N2O5S3. The smallest absolute Gasteiger partial charge is 0.322 e. The molecular weight excluding hydrogens is 480 g/mol. The first-order valence-electron chi connectivity index (χ1n) is 9.82. The Hall–Kier alpha value is -2.68. The van der Waals surface area contributed by atoms with E-state index in [1.165, 1.54) is 35.6 Å². The summed E-state index contributed by atoms with van der Waals surface area (Å²) in [6.45, 7) is 1.98. The number of sulfone groups is 1. The molecule has 172 valence electrons. The lowest BCUT2D eigenvalue weighted by Gasteiger charge is -2.21. The van der Waals surface area contributed by atoms with Crippen molar-refractivity contribution in [1.82, 2.24) is 4.98 Å². The van der Waals surface area contributed by atoms with Gasteiger partial charge in [0, 0.05) is 29.1 Å². The lowest BCUT2D eigenvalue weighted by atomic mass is 10.1. The summed E-state index contributed by atoms with van der Waals surface area (Å²) >= 11 is 2.37. The summed E-state index contributed by atoms with van der Waals surface area (Å²) < 4.78 is 26.6. The number of rotatable bonds is 8. The van der Waals surface area contributed by atoms with Crippen molar-refractivity contribution < 1.29 is 23.4 Å². The van der Waals surface area contributed by atoms with Crippen LogP contribution in [0.1, 0.15) is 23.1 Å². The number of aryl methyl sites for hydroxylation is 1. The van der Waals surface area contributed by atoms with Crippen molar-refractivity contribution >= 4 is 38.9 Å². The number of aromatic nitrogens is 1. The number of carbonyl (C=O) groups is 1. The fraction of sp³-hybridized carbons (Fsp3) is 0.217. The number of benzene rings is 2. The molecule has 4 N–H and O–H groups in total. The van der Waals surface area contributed by atoms with Gasteiger partial charge in [-0.1, -0.05) is 41.3 Å². The minimum atomic E-state index is -4.27. The first kappa shape index (κ1) is 25.0. The van der Waals surface area contributed by atoms with Crippen LogP contribution in [0, 0.1) is 18.8 Å². The van der Waals surface area contributed by atoms with Gasteiger partial charge in [-0.3, -0.25) is 4.79 Å². The van der Waals surface area contributed by atoms with Gasteiger partial charge in [-0.2, -0.15) is 0 Å². The average Bonchev–Trinajstić information content (AvgIpc) is 3.30. The highest BCUT2D eigenvalue weighted by molar-refractivity contribution is 8.01. The highest BCUT2D eigenvalue weighted by Gasteiger charge is 2.37. The van der Waals surface area contributed by atoms with Crippen LogP contribution in [0.3, 0.4) is 0 Å². The summed E-state index contributed by atoms with van der Waals surface area (Å²) in [7, 11) is -4.27. The number of hydrogen-bond donors (Lipinski definition) is 3. The molecule has 0 fully saturated rings. The van der Waals surface area contributed by atoms with Crippen LogP contribution in [0.5, 0.6) is 0 Å². The predicted molar refractivity (Wildman–Crippen MR) is 129 cm³/mol. The number of hydrogen-bond acceptors (Lipinski definition) is 8. The van der Waals surface area contributed by atoms with Crippen molar-refractivity contribution in [3.05, 3.63) is 76.8 Å². The third-order valence-electron chi connectivity index (χ3n) is 4.72. The molecule has 33 heavy (non-hydrogen) atoms. The molecule has 0 amide bonds. The summed E-state index contributed by atoms with van der Waals surface area (Å²) in [5.74, 6) is 4.40. The minimum Gasteiger partial charge on any atom is -0.480 e. The van der Waals surface area contributed by atoms with E-state index in [-0.39, 0.29) is 4.90 Å². The molecule has 0 aliphatic carbocycles. The number of carboxylic acids is 1. The van der Waals surface area contributed by atoms with Gasteiger partial charge in [-0.15, -0.1) is 11.3 Å². The number of carboxylic acid groups (broad SMARTS) is 1. The highest BCUT2D eigenvalue weighted by atomic mass is 32.2. The maximum Gasteiger partial charge on any atom is 0.322 e. The van der Waals surface area contributed by atoms with Crippen LogP contribution in [0.4, 0.5) is 0 Å². The molecule has 3 rings (SSSR count). The Bertz CT molecular complexity index is 1250. The van der Waals surface area contributed by atoms with E-state index in [0.29, 0.717) is 9.90 Å². The van der Waals surface area contributed by atoms with E-state index in [1.807, 2.05) is 31.2 Å². The molecule has 0 radical (unpaired) electrons. The first-order chi connectivity index (χ1) is 15.7. The summed E-state index contributed by atoms with van der Waals surface area (Å²) in [5, 5.41) is 18.9. The largest absolute Gasteiger partial charge is 0.480 e. The van der Waals surface area contributed by atoms with Crippen LogP contribution in [0.25, 0.3) is 0 Å². The maximum atomic E-state index is 13.0. The van der Waals surface area contributed by atoms with Crippen molar-refractivity contribution in [3.63, 3.8) is 0 Å². The Labute approximate surface area is 200 Å². The van der Waals surface area contributed by atoms with Gasteiger partial charge in [0.1, 0.15) is 0 Å². The van der Waals surface area contributed by atoms with Crippen LogP contribution in [0.2, 0.25) is 0 Å². The van der Waals surface area contributed by atoms with Crippen molar-refractivity contribution in [2.24, 2.45) is 5.73 Å². The maximum absolute atomic E-state index is 13.0. The van der Waals surface area contributed by atoms with Gasteiger partial charge < -0.3 is 15.9 Å². The van der Waals surface area contributed by atoms with Crippen LogP contribution in [0.15, 0.2) is 69.3 Å². The second-order valence-electron chi connectivity index (χ2n) is 7.20. The summed E-state index contributed by atoms with van der Waals surface area (Å²) in [5.41, 5.74) is 8.46. The van der Waals surface area contributed by atoms with Crippen LogP contribution < -0.4 is 5.73 Å². The normalized spacial score (nSPS) is 14.0. The molecule has 0 spiro atoms. The zero-order chi connectivity index (χ0) is 24.0. The number of nitrogens with zero attached hydrogens (tertiary/aromatic N) is 1. The second-order valence-corrected chi connectivity index (χ2v) is 11.6. The Morgan fingerprint density at radius 3 is 2.21 bits per heavy atom. The zero-order valence-electron chi connectivity index (χ0n) is 17.6. The number of nitrogens with two attached hydrogens (primary N) is 1. The summed E-state index contributed by atoms with van der Waals surface area (Å²) in [6, 6.07) is 13.4. The lowest BCUT2D eigenvalue weighted by Crippen LogP contribution is -2.40. The topological polar surface area (TPSA) is 131 Å².